The van der Waals surface area contributed by atoms with Gasteiger partial charge in [0.15, 0.2) is 0 Å². The zero-order valence-corrected chi connectivity index (χ0v) is 11.2. The highest BCUT2D eigenvalue weighted by molar-refractivity contribution is 7.84. The van der Waals surface area contributed by atoms with E-state index in [0.29, 0.717) is 5.75 Å². The molecule has 0 spiro atoms. The fourth-order valence-corrected chi connectivity index (χ4v) is 2.03. The number of carboxylic acids is 1. The average molecular weight is 278 g/mol. The molecular weight excluding hydrogens is 260 g/mol. The maximum absolute atomic E-state index is 11.3. The Bertz CT molecular complexity index is 345. The third-order valence-electron chi connectivity index (χ3n) is 1.91. The molecule has 3 N–H and O–H groups in total. The van der Waals surface area contributed by atoms with Crippen molar-refractivity contribution < 1.29 is 23.7 Å². The van der Waals surface area contributed by atoms with Gasteiger partial charge in [-0.3, -0.25) is 19.1 Å². The van der Waals surface area contributed by atoms with Crippen molar-refractivity contribution in [3.05, 3.63) is 0 Å². The largest absolute Gasteiger partial charge is 0.481 e. The smallest absolute Gasteiger partial charge is 0.321 e. The number of carbonyl (C=O) groups excluding carboxylic acids is 2. The van der Waals surface area contributed by atoms with E-state index in [9.17, 15) is 18.6 Å². The molecule has 0 rings (SSSR count). The number of carbonyl (C=O) groups is 3. The number of hydrogen-bond acceptors (Lipinski definition) is 4. The first-order valence-corrected chi connectivity index (χ1v) is 7.16. The van der Waals surface area contributed by atoms with Gasteiger partial charge < -0.3 is 10.4 Å². The number of imide groups is 1. The highest BCUT2D eigenvalue weighted by atomic mass is 32.2. The summed E-state index contributed by atoms with van der Waals surface area (Å²) in [6, 6.07) is -0.962. The first-order valence-electron chi connectivity index (χ1n) is 5.43. The summed E-state index contributed by atoms with van der Waals surface area (Å²) < 4.78 is 10.9. The van der Waals surface area contributed by atoms with Crippen molar-refractivity contribution in [3.63, 3.8) is 0 Å². The number of hydrogen-bond donors (Lipinski definition) is 3. The van der Waals surface area contributed by atoms with Crippen molar-refractivity contribution in [2.45, 2.75) is 32.2 Å². The molecule has 7 nitrogen and oxygen atoms in total. The summed E-state index contributed by atoms with van der Waals surface area (Å²) in [5.41, 5.74) is 0. The Kier molecular flexibility index (Phi) is 7.93. The standard InChI is InChI=1S/C10H18N2O5S/c1-7(6-18(2)17)11-10(16)12-8(13)4-3-5-9(14)15/h7H,3-6H2,1-2H3,(H,14,15)(H2,11,12,13,16). The maximum Gasteiger partial charge on any atom is 0.321 e. The molecule has 104 valence electrons. The van der Waals surface area contributed by atoms with E-state index >= 15 is 0 Å². The lowest BCUT2D eigenvalue weighted by Crippen LogP contribution is -2.45. The van der Waals surface area contributed by atoms with Gasteiger partial charge in [0.25, 0.3) is 0 Å². The van der Waals surface area contributed by atoms with Gasteiger partial charge in [0.05, 0.1) is 0 Å². The first-order chi connectivity index (χ1) is 8.31. The zero-order chi connectivity index (χ0) is 14.1. The van der Waals surface area contributed by atoms with Crippen LogP contribution in [0, 0.1) is 0 Å². The normalized spacial score (nSPS) is 13.4. The van der Waals surface area contributed by atoms with Crippen molar-refractivity contribution in [2.24, 2.45) is 0 Å². The van der Waals surface area contributed by atoms with Gasteiger partial charge in [-0.25, -0.2) is 4.79 Å². The third kappa shape index (κ3) is 9.76. The molecular formula is C10H18N2O5S. The van der Waals surface area contributed by atoms with Crippen LogP contribution in [-0.2, 0) is 20.4 Å². The van der Waals surface area contributed by atoms with Gasteiger partial charge in [0.2, 0.25) is 5.91 Å². The second-order valence-corrected chi connectivity index (χ2v) is 5.39. The Morgan fingerprint density at radius 2 is 1.89 bits per heavy atom. The van der Waals surface area contributed by atoms with Gasteiger partial charge in [-0.15, -0.1) is 0 Å². The fourth-order valence-electron chi connectivity index (χ4n) is 1.24. The summed E-state index contributed by atoms with van der Waals surface area (Å²) in [4.78, 5) is 32.7. The van der Waals surface area contributed by atoms with Crippen LogP contribution in [0.5, 0.6) is 0 Å². The summed E-state index contributed by atoms with van der Waals surface area (Å²) in [5.74, 6) is -1.20. The highest BCUT2D eigenvalue weighted by Crippen LogP contribution is 1.95. The van der Waals surface area contributed by atoms with Crippen LogP contribution in [0.4, 0.5) is 4.79 Å². The van der Waals surface area contributed by atoms with Gasteiger partial charge in [-0.2, -0.15) is 0 Å². The quantitative estimate of drug-likeness (QED) is 0.598. The van der Waals surface area contributed by atoms with Gasteiger partial charge >= 0.3 is 12.0 Å². The molecule has 2 unspecified atom stereocenters. The van der Waals surface area contributed by atoms with Gasteiger partial charge in [-0.1, -0.05) is 0 Å². The van der Waals surface area contributed by atoms with Crippen molar-refractivity contribution in [2.75, 3.05) is 12.0 Å². The monoisotopic (exact) mass is 278 g/mol. The van der Waals surface area contributed by atoms with Crippen LogP contribution in [-0.4, -0.2) is 45.3 Å². The van der Waals surface area contributed by atoms with Gasteiger partial charge in [0.1, 0.15) is 0 Å². The Morgan fingerprint density at radius 3 is 2.39 bits per heavy atom. The van der Waals surface area contributed by atoms with Crippen LogP contribution in [0.1, 0.15) is 26.2 Å². The fraction of sp³-hybridized carbons (Fsp3) is 0.700. The van der Waals surface area contributed by atoms with E-state index in [1.54, 1.807) is 6.92 Å². The van der Waals surface area contributed by atoms with Crippen LogP contribution >= 0.6 is 0 Å². The molecule has 0 aliphatic rings. The molecule has 8 heteroatoms. The number of aliphatic carboxylic acids is 1. The van der Waals surface area contributed by atoms with Gasteiger partial charge in [-0.05, 0) is 13.3 Å². The predicted octanol–water partition coefficient (Wildman–Crippen LogP) is -0.166. The molecule has 0 aromatic rings. The Balaban J connectivity index is 3.83. The lowest BCUT2D eigenvalue weighted by molar-refractivity contribution is -0.137. The summed E-state index contributed by atoms with van der Waals surface area (Å²) in [6.45, 7) is 1.68. The number of amides is 3. The minimum Gasteiger partial charge on any atom is -0.481 e. The zero-order valence-electron chi connectivity index (χ0n) is 10.4. The van der Waals surface area contributed by atoms with Crippen molar-refractivity contribution in [1.82, 2.24) is 10.6 Å². The number of rotatable bonds is 7. The third-order valence-corrected chi connectivity index (χ3v) is 2.88. The first kappa shape index (κ1) is 16.6. The molecule has 0 aromatic carbocycles. The van der Waals surface area contributed by atoms with Crippen LogP contribution in [0.25, 0.3) is 0 Å². The predicted molar refractivity (Wildman–Crippen MR) is 66.6 cm³/mol. The van der Waals surface area contributed by atoms with E-state index in [-0.39, 0.29) is 25.3 Å². The minimum atomic E-state index is -1.03. The molecule has 0 saturated carbocycles. The molecule has 0 aliphatic heterocycles. The average Bonchev–Trinajstić information content (AvgIpc) is 2.14. The summed E-state index contributed by atoms with van der Waals surface area (Å²) in [7, 11) is -1.03. The van der Waals surface area contributed by atoms with E-state index in [2.05, 4.69) is 10.6 Å². The van der Waals surface area contributed by atoms with E-state index < -0.39 is 28.7 Å². The molecule has 18 heavy (non-hydrogen) atoms. The van der Waals surface area contributed by atoms with Crippen LogP contribution in [0.2, 0.25) is 0 Å². The molecule has 3 amide bonds. The van der Waals surface area contributed by atoms with E-state index in [1.807, 2.05) is 0 Å². The van der Waals surface area contributed by atoms with E-state index in [0.717, 1.165) is 0 Å². The molecule has 0 fully saturated rings. The number of carboxylic acid groups (broad SMARTS) is 1. The Morgan fingerprint density at radius 1 is 1.28 bits per heavy atom. The second-order valence-electron chi connectivity index (χ2n) is 3.91. The molecule has 0 radical (unpaired) electrons. The summed E-state index contributed by atoms with van der Waals surface area (Å²) in [6.07, 6.45) is 1.57. The molecule has 0 bridgehead atoms. The maximum atomic E-state index is 11.3. The number of urea groups is 1. The lowest BCUT2D eigenvalue weighted by atomic mass is 10.2. The molecule has 0 heterocycles. The highest BCUT2D eigenvalue weighted by Gasteiger charge is 2.11. The minimum absolute atomic E-state index is 0.0200. The Hall–Kier alpha value is -1.44. The topological polar surface area (TPSA) is 113 Å². The van der Waals surface area contributed by atoms with Crippen molar-refractivity contribution in [3.8, 4) is 0 Å². The second kappa shape index (κ2) is 8.62. The molecule has 0 aliphatic carbocycles. The van der Waals surface area contributed by atoms with E-state index in [4.69, 9.17) is 5.11 Å². The van der Waals surface area contributed by atoms with Crippen LogP contribution in [0.15, 0.2) is 0 Å². The summed E-state index contributed by atoms with van der Waals surface area (Å²) in [5, 5.41) is 12.9. The lowest BCUT2D eigenvalue weighted by Gasteiger charge is -2.12. The molecule has 2 atom stereocenters. The van der Waals surface area contributed by atoms with Gasteiger partial charge in [0, 0.05) is 41.7 Å². The van der Waals surface area contributed by atoms with Crippen LogP contribution < -0.4 is 10.6 Å². The number of nitrogens with one attached hydrogen (secondary N) is 2. The molecule has 0 saturated heterocycles. The Labute approximate surface area is 108 Å². The summed E-state index contributed by atoms with van der Waals surface area (Å²) >= 11 is 0. The van der Waals surface area contributed by atoms with Crippen molar-refractivity contribution >= 4 is 28.7 Å². The van der Waals surface area contributed by atoms with Crippen molar-refractivity contribution in [1.29, 1.82) is 0 Å². The molecule has 0 aromatic heterocycles. The van der Waals surface area contributed by atoms with Crippen LogP contribution in [0.3, 0.4) is 0 Å². The van der Waals surface area contributed by atoms with E-state index in [1.165, 1.54) is 6.26 Å². The SMILES string of the molecule is CC(CS(C)=O)NC(=O)NC(=O)CCCC(=O)O.